The Kier molecular flexibility index (Phi) is 4.81. The van der Waals surface area contributed by atoms with Gasteiger partial charge in [0.1, 0.15) is 11.5 Å². The molecule has 0 radical (unpaired) electrons. The lowest BCUT2D eigenvalue weighted by Crippen LogP contribution is -2.12. The number of nitriles is 1. The highest BCUT2D eigenvalue weighted by molar-refractivity contribution is 6.32. The van der Waals surface area contributed by atoms with E-state index in [0.717, 1.165) is 0 Å². The van der Waals surface area contributed by atoms with Crippen LogP contribution < -0.4 is 9.47 Å². The first-order valence-corrected chi connectivity index (χ1v) is 6.52. The molecule has 0 atom stereocenters. The maximum atomic E-state index is 12.1. The Hall–Kier alpha value is -2.51. The van der Waals surface area contributed by atoms with Crippen molar-refractivity contribution in [2.45, 2.75) is 0 Å². The number of hydrogen-bond donors (Lipinski definition) is 0. The van der Waals surface area contributed by atoms with Crippen LogP contribution in [0.5, 0.6) is 11.5 Å². The molecule has 21 heavy (non-hydrogen) atoms. The van der Waals surface area contributed by atoms with Gasteiger partial charge in [0.2, 0.25) is 5.78 Å². The van der Waals surface area contributed by atoms with Crippen molar-refractivity contribution in [3.8, 4) is 17.6 Å². The number of methoxy groups -OCH3 is 1. The summed E-state index contributed by atoms with van der Waals surface area (Å²) < 4.78 is 10.5. The van der Waals surface area contributed by atoms with Gasteiger partial charge in [-0.25, -0.2) is 0 Å². The number of ketones is 1. The molecule has 0 amide bonds. The molecule has 0 N–H and O–H groups in total. The highest BCUT2D eigenvalue weighted by atomic mass is 35.5. The summed E-state index contributed by atoms with van der Waals surface area (Å²) in [5.74, 6) is 0.642. The second kappa shape index (κ2) is 6.78. The van der Waals surface area contributed by atoms with E-state index in [2.05, 4.69) is 0 Å². The Bertz CT molecular complexity index is 707. The van der Waals surface area contributed by atoms with Gasteiger partial charge in [-0.05, 0) is 30.3 Å². The molecular formula is C16H12ClNO3. The molecule has 0 aliphatic carbocycles. The van der Waals surface area contributed by atoms with Crippen LogP contribution in [0.25, 0.3) is 0 Å². The van der Waals surface area contributed by atoms with Crippen molar-refractivity contribution in [2.24, 2.45) is 0 Å². The topological polar surface area (TPSA) is 59.3 Å². The van der Waals surface area contributed by atoms with Crippen molar-refractivity contribution < 1.29 is 14.3 Å². The Balaban J connectivity index is 2.10. The zero-order valence-corrected chi connectivity index (χ0v) is 12.1. The normalized spacial score (nSPS) is 9.76. The van der Waals surface area contributed by atoms with Crippen molar-refractivity contribution in [3.05, 3.63) is 58.6 Å². The molecule has 0 saturated carbocycles. The fourth-order valence-corrected chi connectivity index (χ4v) is 2.02. The van der Waals surface area contributed by atoms with Gasteiger partial charge in [0.05, 0.1) is 29.3 Å². The number of carbonyl (C=O) groups excluding carboxylic acids is 1. The second-order valence-corrected chi connectivity index (χ2v) is 4.58. The van der Waals surface area contributed by atoms with Crippen LogP contribution in [0.15, 0.2) is 42.5 Å². The molecule has 0 spiro atoms. The predicted molar refractivity (Wildman–Crippen MR) is 79.0 cm³/mol. The first-order chi connectivity index (χ1) is 10.2. The highest BCUT2D eigenvalue weighted by Gasteiger charge is 2.13. The maximum absolute atomic E-state index is 12.1. The largest absolute Gasteiger partial charge is 0.496 e. The van der Waals surface area contributed by atoms with Crippen molar-refractivity contribution >= 4 is 17.4 Å². The van der Waals surface area contributed by atoms with Gasteiger partial charge in [-0.2, -0.15) is 5.26 Å². The molecule has 0 fully saturated rings. The van der Waals surface area contributed by atoms with Crippen molar-refractivity contribution in [3.63, 3.8) is 0 Å². The van der Waals surface area contributed by atoms with Crippen molar-refractivity contribution in [1.82, 2.24) is 0 Å². The van der Waals surface area contributed by atoms with Crippen LogP contribution in [-0.4, -0.2) is 19.5 Å². The number of para-hydroxylation sites is 1. The summed E-state index contributed by atoms with van der Waals surface area (Å²) >= 11 is 5.98. The molecule has 0 saturated heterocycles. The fourth-order valence-electron chi connectivity index (χ4n) is 1.78. The number of halogens is 1. The summed E-state index contributed by atoms with van der Waals surface area (Å²) in [5, 5.41) is 9.05. The minimum absolute atomic E-state index is 0.161. The van der Waals surface area contributed by atoms with Crippen LogP contribution in [-0.2, 0) is 0 Å². The number of rotatable bonds is 5. The van der Waals surface area contributed by atoms with E-state index >= 15 is 0 Å². The molecular weight excluding hydrogens is 290 g/mol. The summed E-state index contributed by atoms with van der Waals surface area (Å²) in [4.78, 5) is 12.1. The van der Waals surface area contributed by atoms with Gasteiger partial charge < -0.3 is 9.47 Å². The third kappa shape index (κ3) is 3.53. The Morgan fingerprint density at radius 3 is 2.67 bits per heavy atom. The molecule has 0 aromatic heterocycles. The number of hydrogen-bond acceptors (Lipinski definition) is 4. The van der Waals surface area contributed by atoms with Crippen LogP contribution >= 0.6 is 11.6 Å². The lowest BCUT2D eigenvalue weighted by molar-refractivity contribution is 0.0918. The minimum Gasteiger partial charge on any atom is -0.496 e. The van der Waals surface area contributed by atoms with E-state index in [1.165, 1.54) is 13.2 Å². The predicted octanol–water partition coefficient (Wildman–Crippen LogP) is 3.48. The fraction of sp³-hybridized carbons (Fsp3) is 0.125. The van der Waals surface area contributed by atoms with E-state index in [-0.39, 0.29) is 12.4 Å². The first kappa shape index (κ1) is 14.9. The van der Waals surface area contributed by atoms with Crippen LogP contribution in [0, 0.1) is 11.3 Å². The molecule has 4 nitrogen and oxygen atoms in total. The van der Waals surface area contributed by atoms with E-state index in [4.69, 9.17) is 26.3 Å². The third-order valence-electron chi connectivity index (χ3n) is 2.83. The summed E-state index contributed by atoms with van der Waals surface area (Å²) in [7, 11) is 1.50. The van der Waals surface area contributed by atoms with E-state index in [9.17, 15) is 4.79 Å². The van der Waals surface area contributed by atoms with Gasteiger partial charge in [-0.15, -0.1) is 0 Å². The van der Waals surface area contributed by atoms with Crippen LogP contribution in [0.1, 0.15) is 15.9 Å². The van der Waals surface area contributed by atoms with Gasteiger partial charge in [-0.1, -0.05) is 23.7 Å². The number of ether oxygens (including phenoxy) is 2. The molecule has 0 heterocycles. The van der Waals surface area contributed by atoms with E-state index in [0.29, 0.717) is 27.6 Å². The molecule has 2 aromatic carbocycles. The molecule has 2 rings (SSSR count). The lowest BCUT2D eigenvalue weighted by Gasteiger charge is -2.09. The molecule has 0 aliphatic heterocycles. The van der Waals surface area contributed by atoms with Gasteiger partial charge in [0.25, 0.3) is 0 Å². The molecule has 0 unspecified atom stereocenters. The number of nitrogens with zero attached hydrogens (tertiary/aromatic N) is 1. The molecule has 2 aromatic rings. The number of Topliss-reactive ketones (excluding diaryl/α,β-unsaturated/α-hetero) is 1. The third-order valence-corrected chi connectivity index (χ3v) is 3.12. The standard InChI is InChI=1S/C16H12ClNO3/c1-20-15-5-3-2-4-12(15)14(19)10-21-16-7-6-11(9-18)8-13(16)17/h2-8H,10H2,1H3. The van der Waals surface area contributed by atoms with E-state index < -0.39 is 0 Å². The maximum Gasteiger partial charge on any atom is 0.203 e. The minimum atomic E-state index is -0.215. The summed E-state index contributed by atoms with van der Waals surface area (Å²) in [6.45, 7) is -0.161. The summed E-state index contributed by atoms with van der Waals surface area (Å²) in [6, 6.07) is 13.5. The van der Waals surface area contributed by atoms with Crippen LogP contribution in [0.3, 0.4) is 0 Å². The monoisotopic (exact) mass is 301 g/mol. The lowest BCUT2D eigenvalue weighted by atomic mass is 10.1. The van der Waals surface area contributed by atoms with Crippen molar-refractivity contribution in [1.29, 1.82) is 5.26 Å². The van der Waals surface area contributed by atoms with Crippen LogP contribution in [0.2, 0.25) is 5.02 Å². The van der Waals surface area contributed by atoms with Gasteiger partial charge >= 0.3 is 0 Å². The quantitative estimate of drug-likeness (QED) is 0.793. The zero-order valence-electron chi connectivity index (χ0n) is 11.3. The number of benzene rings is 2. The van der Waals surface area contributed by atoms with Crippen LogP contribution in [0.4, 0.5) is 0 Å². The zero-order chi connectivity index (χ0) is 15.2. The summed E-state index contributed by atoms with van der Waals surface area (Å²) in [5.41, 5.74) is 0.883. The SMILES string of the molecule is COc1ccccc1C(=O)COc1ccc(C#N)cc1Cl. The molecule has 0 bridgehead atoms. The Labute approximate surface area is 127 Å². The Morgan fingerprint density at radius 1 is 1.24 bits per heavy atom. The van der Waals surface area contributed by atoms with Gasteiger partial charge in [0, 0.05) is 0 Å². The number of carbonyl (C=O) groups is 1. The average molecular weight is 302 g/mol. The molecule has 0 aliphatic rings. The second-order valence-electron chi connectivity index (χ2n) is 4.17. The Morgan fingerprint density at radius 2 is 2.00 bits per heavy atom. The first-order valence-electron chi connectivity index (χ1n) is 6.14. The molecule has 5 heteroatoms. The van der Waals surface area contributed by atoms with Crippen molar-refractivity contribution in [2.75, 3.05) is 13.7 Å². The molecule has 106 valence electrons. The highest BCUT2D eigenvalue weighted by Crippen LogP contribution is 2.26. The smallest absolute Gasteiger partial charge is 0.203 e. The van der Waals surface area contributed by atoms with E-state index in [1.807, 2.05) is 6.07 Å². The van der Waals surface area contributed by atoms with E-state index in [1.54, 1.807) is 36.4 Å². The van der Waals surface area contributed by atoms with Gasteiger partial charge in [0.15, 0.2) is 6.61 Å². The summed E-state index contributed by atoms with van der Waals surface area (Å²) in [6.07, 6.45) is 0. The average Bonchev–Trinajstić information content (AvgIpc) is 2.53. The van der Waals surface area contributed by atoms with Gasteiger partial charge in [-0.3, -0.25) is 4.79 Å².